The molecule has 0 fully saturated rings. The fourth-order valence-corrected chi connectivity index (χ4v) is 2.68. The number of hydrogen-bond acceptors (Lipinski definition) is 2. The van der Waals surface area contributed by atoms with Gasteiger partial charge in [0.15, 0.2) is 0 Å². The zero-order valence-corrected chi connectivity index (χ0v) is 8.79. The molecule has 12 heavy (non-hydrogen) atoms. The van der Waals surface area contributed by atoms with Crippen LogP contribution in [0.15, 0.2) is 30.3 Å². The summed E-state index contributed by atoms with van der Waals surface area (Å²) in [6.45, 7) is 2.14. The molecule has 1 aromatic rings. The fourth-order valence-electron chi connectivity index (χ4n) is 1.12. The molecule has 0 heterocycles. The average Bonchev–Trinajstić information content (AvgIpc) is 2.18. The first-order chi connectivity index (χ1) is 5.73. The summed E-state index contributed by atoms with van der Waals surface area (Å²) in [6.07, 6.45) is 0. The van der Waals surface area contributed by atoms with Gasteiger partial charge in [-0.25, -0.2) is 0 Å². The van der Waals surface area contributed by atoms with Crippen LogP contribution in [0.3, 0.4) is 0 Å². The summed E-state index contributed by atoms with van der Waals surface area (Å²) in [5.74, 6) is 0. The van der Waals surface area contributed by atoms with E-state index in [0.717, 1.165) is 0 Å². The Labute approximate surface area is 74.8 Å². The van der Waals surface area contributed by atoms with Crippen molar-refractivity contribution >= 4 is 13.7 Å². The average molecular weight is 181 g/mol. The van der Waals surface area contributed by atoms with Crippen LogP contribution in [-0.4, -0.2) is 22.6 Å². The molecule has 3 heteroatoms. The van der Waals surface area contributed by atoms with Crippen molar-refractivity contribution in [3.63, 3.8) is 0 Å². The normalized spacial score (nSPS) is 15.6. The van der Waals surface area contributed by atoms with Gasteiger partial charge in [0, 0.05) is 7.11 Å². The molecule has 0 saturated carbocycles. The molecule has 1 N–H and O–H groups in total. The van der Waals surface area contributed by atoms with Gasteiger partial charge in [-0.3, -0.25) is 0 Å². The van der Waals surface area contributed by atoms with E-state index in [1.807, 2.05) is 25.2 Å². The minimum absolute atomic E-state index is 1.27. The predicted octanol–water partition coefficient (Wildman–Crippen LogP) is 0.831. The highest BCUT2D eigenvalue weighted by Gasteiger charge is 2.27. The van der Waals surface area contributed by atoms with E-state index >= 15 is 0 Å². The molecule has 0 aliphatic carbocycles. The van der Waals surface area contributed by atoms with Crippen molar-refractivity contribution < 1.29 is 4.43 Å². The summed E-state index contributed by atoms with van der Waals surface area (Å²) in [4.78, 5) is 3.26. The molecule has 0 spiro atoms. The lowest BCUT2D eigenvalue weighted by atomic mass is 10.4. The summed E-state index contributed by atoms with van der Waals surface area (Å²) in [5, 5.41) is 1.27. The molecular weight excluding hydrogens is 166 g/mol. The Kier molecular flexibility index (Phi) is 3.03. The number of rotatable bonds is 3. The van der Waals surface area contributed by atoms with Crippen LogP contribution in [0.4, 0.5) is 0 Å². The molecule has 0 aromatic heterocycles. The van der Waals surface area contributed by atoms with Crippen molar-refractivity contribution in [2.75, 3.05) is 14.2 Å². The van der Waals surface area contributed by atoms with Crippen molar-refractivity contribution in [1.29, 1.82) is 0 Å². The van der Waals surface area contributed by atoms with Crippen molar-refractivity contribution in [3.05, 3.63) is 30.3 Å². The van der Waals surface area contributed by atoms with Crippen LogP contribution in [0.1, 0.15) is 0 Å². The maximum absolute atomic E-state index is 5.50. The molecule has 0 saturated heterocycles. The zero-order valence-electron chi connectivity index (χ0n) is 7.79. The molecule has 0 bridgehead atoms. The quantitative estimate of drug-likeness (QED) is 0.698. The van der Waals surface area contributed by atoms with Crippen LogP contribution in [0, 0.1) is 0 Å². The van der Waals surface area contributed by atoms with Crippen LogP contribution < -0.4 is 10.2 Å². The Hall–Kier alpha value is -0.643. The Morgan fingerprint density at radius 3 is 2.25 bits per heavy atom. The second-order valence-corrected chi connectivity index (χ2v) is 6.41. The minimum atomic E-state index is -1.82. The second kappa shape index (κ2) is 3.84. The summed E-state index contributed by atoms with van der Waals surface area (Å²) < 4.78 is 5.50. The number of benzene rings is 1. The van der Waals surface area contributed by atoms with Crippen molar-refractivity contribution in [2.45, 2.75) is 6.55 Å². The Morgan fingerprint density at radius 1 is 1.25 bits per heavy atom. The van der Waals surface area contributed by atoms with Gasteiger partial charge < -0.3 is 9.41 Å². The molecule has 1 unspecified atom stereocenters. The van der Waals surface area contributed by atoms with E-state index < -0.39 is 8.48 Å². The summed E-state index contributed by atoms with van der Waals surface area (Å²) >= 11 is 0. The molecule has 1 atom stereocenters. The van der Waals surface area contributed by atoms with Gasteiger partial charge in [-0.05, 0) is 18.8 Å². The van der Waals surface area contributed by atoms with Crippen LogP contribution in [0.25, 0.3) is 0 Å². The van der Waals surface area contributed by atoms with Gasteiger partial charge in [0.2, 0.25) is 0 Å². The lowest BCUT2D eigenvalue weighted by Crippen LogP contribution is -2.58. The van der Waals surface area contributed by atoms with E-state index in [1.165, 1.54) is 5.19 Å². The largest absolute Gasteiger partial charge is 0.403 e. The molecule has 66 valence electrons. The SMILES string of the molecule is CN[Si](C)(OC)c1ccccc1. The van der Waals surface area contributed by atoms with E-state index in [-0.39, 0.29) is 0 Å². The van der Waals surface area contributed by atoms with E-state index in [0.29, 0.717) is 0 Å². The lowest BCUT2D eigenvalue weighted by Gasteiger charge is -2.24. The Morgan fingerprint density at radius 2 is 1.83 bits per heavy atom. The topological polar surface area (TPSA) is 21.3 Å². The molecule has 0 radical (unpaired) electrons. The molecule has 0 aliphatic heterocycles. The van der Waals surface area contributed by atoms with E-state index in [4.69, 9.17) is 4.43 Å². The first-order valence-electron chi connectivity index (χ1n) is 4.02. The Bertz CT molecular complexity index is 234. The maximum Gasteiger partial charge on any atom is 0.298 e. The summed E-state index contributed by atoms with van der Waals surface area (Å²) in [5.41, 5.74) is 0. The molecule has 2 nitrogen and oxygen atoms in total. The van der Waals surface area contributed by atoms with Crippen LogP contribution in [-0.2, 0) is 4.43 Å². The van der Waals surface area contributed by atoms with Gasteiger partial charge in [-0.2, -0.15) is 0 Å². The van der Waals surface area contributed by atoms with Gasteiger partial charge >= 0.3 is 0 Å². The first kappa shape index (κ1) is 9.44. The van der Waals surface area contributed by atoms with Crippen molar-refractivity contribution in [2.24, 2.45) is 0 Å². The third-order valence-electron chi connectivity index (χ3n) is 2.21. The number of nitrogens with one attached hydrogen (secondary N) is 1. The van der Waals surface area contributed by atoms with Gasteiger partial charge in [0.25, 0.3) is 8.48 Å². The predicted molar refractivity (Wildman–Crippen MR) is 53.8 cm³/mol. The second-order valence-electron chi connectivity index (χ2n) is 2.85. The molecular formula is C9H15NOSi. The lowest BCUT2D eigenvalue weighted by molar-refractivity contribution is 0.401. The fraction of sp³-hybridized carbons (Fsp3) is 0.333. The first-order valence-corrected chi connectivity index (χ1v) is 6.43. The maximum atomic E-state index is 5.50. The summed E-state index contributed by atoms with van der Waals surface area (Å²) in [7, 11) is 1.88. The molecule has 1 rings (SSSR count). The van der Waals surface area contributed by atoms with Gasteiger partial charge in [-0.15, -0.1) is 0 Å². The van der Waals surface area contributed by atoms with Gasteiger partial charge in [0.1, 0.15) is 0 Å². The minimum Gasteiger partial charge on any atom is -0.403 e. The summed E-state index contributed by atoms with van der Waals surface area (Å²) in [6, 6.07) is 10.3. The van der Waals surface area contributed by atoms with Crippen LogP contribution in [0.5, 0.6) is 0 Å². The third kappa shape index (κ3) is 1.74. The number of hydrogen-bond donors (Lipinski definition) is 1. The standard InChI is InChI=1S/C9H15NOSi/c1-10-12(3,11-2)9-7-5-4-6-8-9/h4-8,10H,1-3H3. The molecule has 1 aromatic carbocycles. The molecule has 0 aliphatic rings. The van der Waals surface area contributed by atoms with Gasteiger partial charge in [0.05, 0.1) is 0 Å². The highest BCUT2D eigenvalue weighted by molar-refractivity contribution is 6.83. The van der Waals surface area contributed by atoms with Crippen molar-refractivity contribution in [1.82, 2.24) is 4.98 Å². The van der Waals surface area contributed by atoms with Gasteiger partial charge in [-0.1, -0.05) is 30.3 Å². The van der Waals surface area contributed by atoms with Crippen molar-refractivity contribution in [3.8, 4) is 0 Å². The molecule has 0 amide bonds. The van der Waals surface area contributed by atoms with Crippen LogP contribution in [0.2, 0.25) is 6.55 Å². The van der Waals surface area contributed by atoms with E-state index in [9.17, 15) is 0 Å². The third-order valence-corrected chi connectivity index (χ3v) is 5.42. The van der Waals surface area contributed by atoms with E-state index in [2.05, 4.69) is 23.7 Å². The van der Waals surface area contributed by atoms with E-state index in [1.54, 1.807) is 7.11 Å². The highest BCUT2D eigenvalue weighted by Crippen LogP contribution is 1.98. The van der Waals surface area contributed by atoms with Crippen LogP contribution >= 0.6 is 0 Å². The smallest absolute Gasteiger partial charge is 0.298 e. The highest BCUT2D eigenvalue weighted by atomic mass is 28.4. The monoisotopic (exact) mass is 181 g/mol. The zero-order chi connectivity index (χ0) is 9.03. The Balaban J connectivity index is 2.95.